The molecule has 1 amide bonds. The van der Waals surface area contributed by atoms with Gasteiger partial charge in [-0.3, -0.25) is 4.79 Å². The fourth-order valence-electron chi connectivity index (χ4n) is 2.72. The summed E-state index contributed by atoms with van der Waals surface area (Å²) in [6.07, 6.45) is 0.990. The number of aliphatic imine (C=N–C) groups is 1. The summed E-state index contributed by atoms with van der Waals surface area (Å²) >= 11 is 1.78. The molecule has 0 aliphatic carbocycles. The molecular formula is C21H30N4OS. The lowest BCUT2D eigenvalue weighted by molar-refractivity contribution is 0.0773. The molecule has 0 saturated carbocycles. The lowest BCUT2D eigenvalue weighted by Crippen LogP contribution is -2.38. The second-order valence-electron chi connectivity index (χ2n) is 6.13. The second-order valence-corrected chi connectivity index (χ2v) is 7.16. The summed E-state index contributed by atoms with van der Waals surface area (Å²) in [5, 5.41) is 8.75. The van der Waals surface area contributed by atoms with E-state index in [-0.39, 0.29) is 5.91 Å². The summed E-state index contributed by atoms with van der Waals surface area (Å²) in [7, 11) is 0. The van der Waals surface area contributed by atoms with Gasteiger partial charge in [-0.2, -0.15) is 0 Å². The zero-order valence-corrected chi connectivity index (χ0v) is 17.3. The molecule has 0 aliphatic rings. The fraction of sp³-hybridized carbons (Fsp3) is 0.429. The molecule has 0 fully saturated rings. The summed E-state index contributed by atoms with van der Waals surface area (Å²) < 4.78 is 0. The third-order valence-electron chi connectivity index (χ3n) is 4.26. The maximum Gasteiger partial charge on any atom is 0.253 e. The Labute approximate surface area is 166 Å². The molecule has 27 heavy (non-hydrogen) atoms. The number of carbonyl (C=O) groups excluding carboxylic acids is 1. The van der Waals surface area contributed by atoms with Crippen LogP contribution >= 0.6 is 11.3 Å². The van der Waals surface area contributed by atoms with E-state index in [0.717, 1.165) is 49.7 Å². The number of hydrogen-bond acceptors (Lipinski definition) is 3. The zero-order valence-electron chi connectivity index (χ0n) is 16.5. The molecule has 1 heterocycles. The summed E-state index contributed by atoms with van der Waals surface area (Å²) in [4.78, 5) is 20.2. The Morgan fingerprint density at radius 3 is 2.41 bits per heavy atom. The highest BCUT2D eigenvalue weighted by Gasteiger charge is 2.11. The van der Waals surface area contributed by atoms with Crippen LogP contribution in [0.4, 0.5) is 0 Å². The molecule has 0 bridgehead atoms. The van der Waals surface area contributed by atoms with E-state index in [1.54, 1.807) is 11.3 Å². The van der Waals surface area contributed by atoms with Crippen molar-refractivity contribution in [2.75, 3.05) is 26.2 Å². The Morgan fingerprint density at radius 2 is 1.81 bits per heavy atom. The van der Waals surface area contributed by atoms with Crippen molar-refractivity contribution in [1.29, 1.82) is 0 Å². The first-order chi connectivity index (χ1) is 13.2. The number of benzene rings is 1. The van der Waals surface area contributed by atoms with Gasteiger partial charge in [0.2, 0.25) is 0 Å². The first-order valence-electron chi connectivity index (χ1n) is 9.60. The molecule has 0 saturated heterocycles. The second kappa shape index (κ2) is 11.4. The normalized spacial score (nSPS) is 11.3. The summed E-state index contributed by atoms with van der Waals surface area (Å²) in [5.74, 6) is 0.899. The minimum atomic E-state index is 0.0821. The molecule has 0 unspecified atom stereocenters. The van der Waals surface area contributed by atoms with E-state index in [1.165, 1.54) is 4.88 Å². The number of rotatable bonds is 9. The molecule has 146 valence electrons. The van der Waals surface area contributed by atoms with Crippen molar-refractivity contribution in [2.45, 2.75) is 33.7 Å². The van der Waals surface area contributed by atoms with E-state index in [0.29, 0.717) is 6.54 Å². The van der Waals surface area contributed by atoms with Gasteiger partial charge in [-0.15, -0.1) is 11.3 Å². The number of nitrogens with zero attached hydrogens (tertiary/aromatic N) is 2. The molecule has 0 spiro atoms. The number of thiophene rings is 1. The van der Waals surface area contributed by atoms with Crippen LogP contribution < -0.4 is 10.6 Å². The van der Waals surface area contributed by atoms with E-state index >= 15 is 0 Å². The molecule has 6 heteroatoms. The lowest BCUT2D eigenvalue weighted by Gasteiger charge is -2.18. The van der Waals surface area contributed by atoms with Crippen molar-refractivity contribution in [2.24, 2.45) is 4.99 Å². The molecule has 2 aromatic rings. The standard InChI is InChI=1S/C21H30N4OS/c1-4-22-21(23-14-13-19-8-7-15-27-19)24-16-17-9-11-18(12-10-17)20(26)25(5-2)6-3/h7-12,15H,4-6,13-14,16H2,1-3H3,(H2,22,23,24). The van der Waals surface area contributed by atoms with Crippen molar-refractivity contribution in [1.82, 2.24) is 15.5 Å². The van der Waals surface area contributed by atoms with Gasteiger partial charge < -0.3 is 15.5 Å². The van der Waals surface area contributed by atoms with Gasteiger partial charge in [0, 0.05) is 36.6 Å². The predicted molar refractivity (Wildman–Crippen MR) is 115 cm³/mol. The molecular weight excluding hydrogens is 356 g/mol. The topological polar surface area (TPSA) is 56.7 Å². The minimum absolute atomic E-state index is 0.0821. The van der Waals surface area contributed by atoms with Crippen molar-refractivity contribution in [3.63, 3.8) is 0 Å². The number of carbonyl (C=O) groups is 1. The maximum atomic E-state index is 12.4. The molecule has 1 aromatic carbocycles. The quantitative estimate of drug-likeness (QED) is 0.512. The van der Waals surface area contributed by atoms with E-state index in [4.69, 9.17) is 0 Å². The largest absolute Gasteiger partial charge is 0.357 e. The Kier molecular flexibility index (Phi) is 8.84. The van der Waals surface area contributed by atoms with Gasteiger partial charge in [0.15, 0.2) is 5.96 Å². The molecule has 0 atom stereocenters. The van der Waals surface area contributed by atoms with Crippen molar-refractivity contribution < 1.29 is 4.79 Å². The molecule has 0 aliphatic heterocycles. The summed E-state index contributed by atoms with van der Waals surface area (Å²) in [6.45, 7) is 9.76. The lowest BCUT2D eigenvalue weighted by atomic mass is 10.1. The van der Waals surface area contributed by atoms with Crippen molar-refractivity contribution in [3.05, 3.63) is 57.8 Å². The van der Waals surface area contributed by atoms with Gasteiger partial charge >= 0.3 is 0 Å². The molecule has 5 nitrogen and oxygen atoms in total. The van der Waals surface area contributed by atoms with Crippen LogP contribution in [-0.4, -0.2) is 42.9 Å². The highest BCUT2D eigenvalue weighted by molar-refractivity contribution is 7.09. The van der Waals surface area contributed by atoms with Crippen molar-refractivity contribution in [3.8, 4) is 0 Å². The van der Waals surface area contributed by atoms with Gasteiger partial charge in [0.25, 0.3) is 5.91 Å². The van der Waals surface area contributed by atoms with Crippen molar-refractivity contribution >= 4 is 23.2 Å². The monoisotopic (exact) mass is 386 g/mol. The zero-order chi connectivity index (χ0) is 19.5. The van der Waals surface area contributed by atoms with Gasteiger partial charge in [-0.25, -0.2) is 4.99 Å². The van der Waals surface area contributed by atoms with Crippen LogP contribution in [0.2, 0.25) is 0 Å². The number of guanidine groups is 1. The smallest absolute Gasteiger partial charge is 0.253 e. The van der Waals surface area contributed by atoms with E-state index in [9.17, 15) is 4.79 Å². The maximum absolute atomic E-state index is 12.4. The van der Waals surface area contributed by atoms with Gasteiger partial charge in [0.05, 0.1) is 6.54 Å². The number of amides is 1. The van der Waals surface area contributed by atoms with Gasteiger partial charge in [-0.05, 0) is 56.3 Å². The van der Waals surface area contributed by atoms with E-state index in [2.05, 4.69) is 40.1 Å². The van der Waals surface area contributed by atoms with Crippen LogP contribution in [0.3, 0.4) is 0 Å². The van der Waals surface area contributed by atoms with E-state index < -0.39 is 0 Å². The van der Waals surface area contributed by atoms with Crippen LogP contribution in [0.15, 0.2) is 46.8 Å². The average Bonchev–Trinajstić information content (AvgIpc) is 3.21. The minimum Gasteiger partial charge on any atom is -0.357 e. The van der Waals surface area contributed by atoms with Crippen LogP contribution in [0.1, 0.15) is 41.6 Å². The van der Waals surface area contributed by atoms with Crippen LogP contribution in [0.5, 0.6) is 0 Å². The summed E-state index contributed by atoms with van der Waals surface area (Å²) in [6, 6.07) is 12.0. The first-order valence-corrected chi connectivity index (χ1v) is 10.5. The first kappa shape index (κ1) is 21.0. The third-order valence-corrected chi connectivity index (χ3v) is 5.20. The molecule has 1 aromatic heterocycles. The fourth-order valence-corrected chi connectivity index (χ4v) is 3.43. The Balaban J connectivity index is 1.91. The Hall–Kier alpha value is -2.34. The van der Waals surface area contributed by atoms with Crippen LogP contribution in [0, 0.1) is 0 Å². The van der Waals surface area contributed by atoms with Gasteiger partial charge in [0.1, 0.15) is 0 Å². The number of hydrogen-bond donors (Lipinski definition) is 2. The summed E-state index contributed by atoms with van der Waals surface area (Å²) in [5.41, 5.74) is 1.81. The molecule has 2 rings (SSSR count). The van der Waals surface area contributed by atoms with Crippen LogP contribution in [-0.2, 0) is 13.0 Å². The Morgan fingerprint density at radius 1 is 1.07 bits per heavy atom. The molecule has 2 N–H and O–H groups in total. The van der Waals surface area contributed by atoms with Crippen LogP contribution in [0.25, 0.3) is 0 Å². The number of nitrogens with one attached hydrogen (secondary N) is 2. The highest BCUT2D eigenvalue weighted by atomic mass is 32.1. The average molecular weight is 387 g/mol. The van der Waals surface area contributed by atoms with Gasteiger partial charge in [-0.1, -0.05) is 18.2 Å². The van der Waals surface area contributed by atoms with E-state index in [1.807, 2.05) is 43.0 Å². The predicted octanol–water partition coefficient (Wildman–Crippen LogP) is 3.53. The SMILES string of the molecule is CCNC(=NCc1ccc(C(=O)N(CC)CC)cc1)NCCc1cccs1. The highest BCUT2D eigenvalue weighted by Crippen LogP contribution is 2.09. The Bertz CT molecular complexity index is 706. The molecule has 0 radical (unpaired) electrons. The third kappa shape index (κ3) is 6.71.